The van der Waals surface area contributed by atoms with Crippen molar-refractivity contribution in [2.45, 2.75) is 32.4 Å². The third-order valence-corrected chi connectivity index (χ3v) is 2.47. The predicted octanol–water partition coefficient (Wildman–Crippen LogP) is 1.59. The zero-order valence-electron chi connectivity index (χ0n) is 11.0. The molecule has 0 aliphatic heterocycles. The molecule has 1 aromatic carbocycles. The van der Waals surface area contributed by atoms with Gasteiger partial charge in [-0.05, 0) is 32.4 Å². The van der Waals surface area contributed by atoms with Gasteiger partial charge in [0.1, 0.15) is 5.75 Å². The van der Waals surface area contributed by atoms with Gasteiger partial charge < -0.3 is 15.8 Å². The first-order chi connectivity index (χ1) is 8.90. The first-order valence-electron chi connectivity index (χ1n) is 6.05. The summed E-state index contributed by atoms with van der Waals surface area (Å²) in [6.07, 6.45) is -0.137. The summed E-state index contributed by atoms with van der Waals surface area (Å²) >= 11 is 0. The summed E-state index contributed by atoms with van der Waals surface area (Å²) in [5.74, 6) is -2.19. The lowest BCUT2D eigenvalue weighted by Gasteiger charge is -2.15. The van der Waals surface area contributed by atoms with E-state index in [4.69, 9.17) is 10.5 Å². The van der Waals surface area contributed by atoms with Gasteiger partial charge in [-0.1, -0.05) is 0 Å². The molecule has 0 fully saturated rings. The van der Waals surface area contributed by atoms with E-state index in [0.29, 0.717) is 13.0 Å². The van der Waals surface area contributed by atoms with E-state index in [1.165, 1.54) is 13.0 Å². The van der Waals surface area contributed by atoms with E-state index in [2.05, 4.69) is 5.32 Å². The first-order valence-corrected chi connectivity index (χ1v) is 6.05. The fraction of sp³-hybridized carbons (Fsp3) is 0.462. The Kier molecular flexibility index (Phi) is 5.69. The molecule has 2 unspecified atom stereocenters. The SMILES string of the molecule is CC(N)CCNC(=O)C(C)Oc1ccc(F)c(F)c1. The Bertz CT molecular complexity index is 439. The molecule has 19 heavy (non-hydrogen) atoms. The normalized spacial score (nSPS) is 13.7. The molecule has 1 aromatic rings. The molecule has 0 aliphatic carbocycles. The molecule has 6 heteroatoms. The summed E-state index contributed by atoms with van der Waals surface area (Å²) in [5, 5.41) is 2.65. The lowest BCUT2D eigenvalue weighted by Crippen LogP contribution is -2.38. The van der Waals surface area contributed by atoms with E-state index < -0.39 is 17.7 Å². The molecule has 0 bridgehead atoms. The number of nitrogens with one attached hydrogen (secondary N) is 1. The van der Waals surface area contributed by atoms with Crippen LogP contribution in [0.2, 0.25) is 0 Å². The highest BCUT2D eigenvalue weighted by Gasteiger charge is 2.15. The van der Waals surface area contributed by atoms with E-state index in [1.807, 2.05) is 6.92 Å². The van der Waals surface area contributed by atoms with Crippen molar-refractivity contribution in [3.05, 3.63) is 29.8 Å². The molecule has 0 radical (unpaired) electrons. The number of hydrogen-bond donors (Lipinski definition) is 2. The number of amides is 1. The molecule has 0 heterocycles. The maximum Gasteiger partial charge on any atom is 0.260 e. The van der Waals surface area contributed by atoms with E-state index in [9.17, 15) is 13.6 Å². The quantitative estimate of drug-likeness (QED) is 0.826. The van der Waals surface area contributed by atoms with Gasteiger partial charge in [-0.25, -0.2) is 8.78 Å². The maximum atomic E-state index is 13.0. The minimum atomic E-state index is -1.01. The van der Waals surface area contributed by atoms with Gasteiger partial charge in [0, 0.05) is 18.7 Å². The molecule has 1 rings (SSSR count). The lowest BCUT2D eigenvalue weighted by molar-refractivity contribution is -0.127. The number of ether oxygens (including phenoxy) is 1. The van der Waals surface area contributed by atoms with Gasteiger partial charge in [0.2, 0.25) is 0 Å². The summed E-state index contributed by atoms with van der Waals surface area (Å²) in [6, 6.07) is 3.12. The Balaban J connectivity index is 2.47. The molecule has 0 aliphatic rings. The van der Waals surface area contributed by atoms with Crippen molar-refractivity contribution in [1.29, 1.82) is 0 Å². The number of carbonyl (C=O) groups is 1. The Morgan fingerprint density at radius 2 is 2.05 bits per heavy atom. The van der Waals surface area contributed by atoms with Crippen LogP contribution in [0.15, 0.2) is 18.2 Å². The predicted molar refractivity (Wildman–Crippen MR) is 67.7 cm³/mol. The van der Waals surface area contributed by atoms with Gasteiger partial charge in [-0.15, -0.1) is 0 Å². The van der Waals surface area contributed by atoms with Crippen molar-refractivity contribution in [3.8, 4) is 5.75 Å². The van der Waals surface area contributed by atoms with E-state index in [0.717, 1.165) is 12.1 Å². The lowest BCUT2D eigenvalue weighted by atomic mass is 10.2. The fourth-order valence-corrected chi connectivity index (χ4v) is 1.37. The Labute approximate surface area is 110 Å². The van der Waals surface area contributed by atoms with Gasteiger partial charge in [0.05, 0.1) is 0 Å². The van der Waals surface area contributed by atoms with E-state index >= 15 is 0 Å². The third-order valence-electron chi connectivity index (χ3n) is 2.47. The second kappa shape index (κ2) is 7.04. The molecule has 4 nitrogen and oxygen atoms in total. The summed E-state index contributed by atoms with van der Waals surface area (Å²) in [5.41, 5.74) is 5.55. The number of benzene rings is 1. The van der Waals surface area contributed by atoms with Gasteiger partial charge in [0.25, 0.3) is 5.91 Å². The zero-order valence-corrected chi connectivity index (χ0v) is 11.0. The molecule has 0 saturated heterocycles. The van der Waals surface area contributed by atoms with Crippen LogP contribution in [-0.4, -0.2) is 24.6 Å². The average molecular weight is 272 g/mol. The molecular formula is C13H18F2N2O2. The Hall–Kier alpha value is -1.69. The van der Waals surface area contributed by atoms with E-state index in [1.54, 1.807) is 0 Å². The van der Waals surface area contributed by atoms with Crippen LogP contribution in [0.25, 0.3) is 0 Å². The number of nitrogens with two attached hydrogens (primary N) is 1. The van der Waals surface area contributed by atoms with Crippen LogP contribution in [0.1, 0.15) is 20.3 Å². The van der Waals surface area contributed by atoms with Gasteiger partial charge in [-0.3, -0.25) is 4.79 Å². The average Bonchev–Trinajstić information content (AvgIpc) is 2.33. The standard InChI is InChI=1S/C13H18F2N2O2/c1-8(16)5-6-17-13(18)9(2)19-10-3-4-11(14)12(15)7-10/h3-4,7-9H,5-6,16H2,1-2H3,(H,17,18). The summed E-state index contributed by atoms with van der Waals surface area (Å²) < 4.78 is 30.9. The summed E-state index contributed by atoms with van der Waals surface area (Å²) in [4.78, 5) is 11.6. The molecule has 3 N–H and O–H groups in total. The van der Waals surface area contributed by atoms with Crippen LogP contribution in [0.4, 0.5) is 8.78 Å². The van der Waals surface area contributed by atoms with Crippen molar-refractivity contribution >= 4 is 5.91 Å². The van der Waals surface area contributed by atoms with Crippen LogP contribution in [-0.2, 0) is 4.79 Å². The van der Waals surface area contributed by atoms with Gasteiger partial charge >= 0.3 is 0 Å². The largest absolute Gasteiger partial charge is 0.481 e. The highest BCUT2D eigenvalue weighted by atomic mass is 19.2. The number of hydrogen-bond acceptors (Lipinski definition) is 3. The zero-order chi connectivity index (χ0) is 14.4. The van der Waals surface area contributed by atoms with Crippen LogP contribution in [0, 0.1) is 11.6 Å². The van der Waals surface area contributed by atoms with Crippen LogP contribution in [0.3, 0.4) is 0 Å². The molecular weight excluding hydrogens is 254 g/mol. The first kappa shape index (κ1) is 15.4. The summed E-state index contributed by atoms with van der Waals surface area (Å²) in [6.45, 7) is 3.82. The van der Waals surface area contributed by atoms with Gasteiger partial charge in [0.15, 0.2) is 17.7 Å². The molecule has 0 spiro atoms. The van der Waals surface area contributed by atoms with Crippen molar-refractivity contribution in [2.75, 3.05) is 6.54 Å². The third kappa shape index (κ3) is 5.21. The number of halogens is 2. The van der Waals surface area contributed by atoms with Gasteiger partial charge in [-0.2, -0.15) is 0 Å². The fourth-order valence-electron chi connectivity index (χ4n) is 1.37. The molecule has 1 amide bonds. The van der Waals surface area contributed by atoms with Crippen molar-refractivity contribution < 1.29 is 18.3 Å². The molecule has 2 atom stereocenters. The minimum Gasteiger partial charge on any atom is -0.481 e. The van der Waals surface area contributed by atoms with E-state index in [-0.39, 0.29) is 17.7 Å². The van der Waals surface area contributed by atoms with Crippen molar-refractivity contribution in [3.63, 3.8) is 0 Å². The topological polar surface area (TPSA) is 64.3 Å². The molecule has 0 aromatic heterocycles. The second-order valence-corrected chi connectivity index (χ2v) is 4.39. The Morgan fingerprint density at radius 1 is 1.37 bits per heavy atom. The second-order valence-electron chi connectivity index (χ2n) is 4.39. The highest BCUT2D eigenvalue weighted by molar-refractivity contribution is 5.80. The Morgan fingerprint density at radius 3 is 2.63 bits per heavy atom. The molecule has 0 saturated carbocycles. The van der Waals surface area contributed by atoms with Crippen LogP contribution >= 0.6 is 0 Å². The van der Waals surface area contributed by atoms with Crippen molar-refractivity contribution in [2.24, 2.45) is 5.73 Å². The van der Waals surface area contributed by atoms with Crippen molar-refractivity contribution in [1.82, 2.24) is 5.32 Å². The monoisotopic (exact) mass is 272 g/mol. The minimum absolute atomic E-state index is 0.00252. The molecule has 106 valence electrons. The maximum absolute atomic E-state index is 13.0. The number of carbonyl (C=O) groups excluding carboxylic acids is 1. The smallest absolute Gasteiger partial charge is 0.260 e. The van der Waals surface area contributed by atoms with Crippen LogP contribution < -0.4 is 15.8 Å². The summed E-state index contributed by atoms with van der Waals surface area (Å²) in [7, 11) is 0. The van der Waals surface area contributed by atoms with Crippen LogP contribution in [0.5, 0.6) is 5.75 Å². The highest BCUT2D eigenvalue weighted by Crippen LogP contribution is 2.16. The number of rotatable bonds is 6.